The molecule has 4 atom stereocenters. The summed E-state index contributed by atoms with van der Waals surface area (Å²) in [6.45, 7) is 5.44. The van der Waals surface area contributed by atoms with Gasteiger partial charge in [-0.25, -0.2) is 13.2 Å². The van der Waals surface area contributed by atoms with Gasteiger partial charge in [-0.2, -0.15) is 0 Å². The van der Waals surface area contributed by atoms with Crippen molar-refractivity contribution in [3.63, 3.8) is 0 Å². The molecular weight excluding hydrogens is 1130 g/mol. The standard InChI is InChI=1S/C37H47IN10O10S2.Pt/c1-5-16-40-36(55)43-27-9-7-11-30(18-27)60(57,58)47-28-10-6-8-24(17-28)31(20-33(51)52)44-37(56)42-25-12-14-26(15-13-25)45-38-59-46-22(2)35(54)48(4)23(3)34(53)41-29(21-49)19-32(39)50;/h6-15,17-18,22-23,29,31,45-47H,5,16,19-20H2,1-4H3,(H2,39,50)(H,41,53)(H,51,52)(H2,40,43,55)(H2,42,44,56);/q-2;. The van der Waals surface area contributed by atoms with E-state index in [9.17, 15) is 47.1 Å². The number of rotatable bonds is 23. The van der Waals surface area contributed by atoms with Crippen LogP contribution in [0.3, 0.4) is 0 Å². The number of urea groups is 2. The van der Waals surface area contributed by atoms with Crippen LogP contribution in [0, 0.1) is 0 Å². The quantitative estimate of drug-likeness (QED) is 0.0191. The topological polar surface area (TPSA) is 299 Å². The fourth-order valence-electron chi connectivity index (χ4n) is 5.05. The SMILES string of the molecule is CCCNC(=O)Nc1cccc(S(=O)(=O)Nc2cccc(C(CC(=O)O)NC(=O)Nc3ccc(N[I-]SNC(C)C(=O)N(C)C(C)C(=O)NC([C-]=O)CC(N)=O)cc3)c2)c1.[Pt]. The molecule has 0 heterocycles. The summed E-state index contributed by atoms with van der Waals surface area (Å²) in [6.07, 6.45) is 1.34. The van der Waals surface area contributed by atoms with Crippen LogP contribution in [0.25, 0.3) is 0 Å². The van der Waals surface area contributed by atoms with Crippen molar-refractivity contribution < 1.29 is 88.2 Å². The Bertz CT molecular complexity index is 2120. The van der Waals surface area contributed by atoms with Crippen molar-refractivity contribution >= 4 is 83.9 Å². The van der Waals surface area contributed by atoms with E-state index in [1.807, 2.05) is 6.92 Å². The van der Waals surface area contributed by atoms with Crippen molar-refractivity contribution in [1.82, 2.24) is 25.6 Å². The Balaban J connectivity index is 0.0000128. The van der Waals surface area contributed by atoms with Gasteiger partial charge in [0.15, 0.2) is 0 Å². The Kier molecular flexibility index (Phi) is 22.0. The Morgan fingerprint density at radius 2 is 1.51 bits per heavy atom. The molecule has 7 amide bonds. The van der Waals surface area contributed by atoms with Gasteiger partial charge >= 0.3 is 263 Å². The Morgan fingerprint density at radius 1 is 0.869 bits per heavy atom. The van der Waals surface area contributed by atoms with Gasteiger partial charge in [-0.1, -0.05) is 13.0 Å². The largest absolute Gasteiger partial charge is 0.0179 e. The summed E-state index contributed by atoms with van der Waals surface area (Å²) in [6, 6.07) is 13.2. The first-order valence-electron chi connectivity index (χ1n) is 18.1. The van der Waals surface area contributed by atoms with Gasteiger partial charge in [0.1, 0.15) is 0 Å². The van der Waals surface area contributed by atoms with Crippen molar-refractivity contribution in [2.24, 2.45) is 5.73 Å². The molecule has 0 saturated heterocycles. The number of nitrogens with two attached hydrogens (primary N) is 1. The first-order chi connectivity index (χ1) is 28.4. The summed E-state index contributed by atoms with van der Waals surface area (Å²) in [5, 5.41) is 22.4. The number of nitrogens with one attached hydrogen (secondary N) is 8. The van der Waals surface area contributed by atoms with E-state index >= 15 is 0 Å². The van der Waals surface area contributed by atoms with Gasteiger partial charge in [0.25, 0.3) is 10.0 Å². The number of hydrogen-bond acceptors (Lipinski definition) is 12. The van der Waals surface area contributed by atoms with E-state index < -0.39 is 103 Å². The van der Waals surface area contributed by atoms with E-state index in [4.69, 9.17) is 5.73 Å². The van der Waals surface area contributed by atoms with Gasteiger partial charge in [-0.05, 0) is 30.7 Å². The average molecular weight is 1180 g/mol. The Hall–Kier alpha value is -4.97. The zero-order valence-corrected chi connectivity index (χ0v) is 39.3. The second-order valence-corrected chi connectivity index (χ2v) is 18.4. The molecule has 3 rings (SSSR count). The van der Waals surface area contributed by atoms with E-state index in [2.05, 4.69) is 39.6 Å². The fraction of sp³-hybridized carbons (Fsp3) is 0.324. The number of aliphatic carboxylic acids is 1. The number of primary amides is 1. The Labute approximate surface area is 380 Å². The average Bonchev–Trinajstić information content (AvgIpc) is 3.20. The predicted octanol–water partition coefficient (Wildman–Crippen LogP) is -0.372. The number of carboxylic acids is 1. The van der Waals surface area contributed by atoms with Gasteiger partial charge in [0.2, 0.25) is 0 Å². The maximum atomic E-state index is 13.3. The van der Waals surface area contributed by atoms with Gasteiger partial charge in [0.05, 0.1) is 4.90 Å². The first-order valence-corrected chi connectivity index (χ1v) is 24.1. The maximum absolute atomic E-state index is 13.3. The zero-order valence-electron chi connectivity index (χ0n) is 33.2. The number of amides is 7. The molecule has 4 unspecified atom stereocenters. The van der Waals surface area contributed by atoms with Gasteiger partial charge < -0.3 is 10.6 Å². The number of carboxylic acid groups (broad SMARTS) is 1. The number of benzene rings is 3. The summed E-state index contributed by atoms with van der Waals surface area (Å²) in [5.41, 5.74) is 6.87. The number of sulfonamides is 1. The molecule has 3 aromatic carbocycles. The smallest absolute Gasteiger partial charge is 0 e. The number of carbonyl (C=O) groups excluding carboxylic acids is 6. The normalized spacial score (nSPS) is 12.8. The Morgan fingerprint density at radius 3 is 2.15 bits per heavy atom. The minimum Gasteiger partial charge on any atom is -0.0179 e. The van der Waals surface area contributed by atoms with Crippen LogP contribution in [0.5, 0.6) is 0 Å². The summed E-state index contributed by atoms with van der Waals surface area (Å²) in [4.78, 5) is 85.4. The second-order valence-electron chi connectivity index (χ2n) is 13.0. The van der Waals surface area contributed by atoms with Crippen LogP contribution in [0.4, 0.5) is 32.3 Å². The van der Waals surface area contributed by atoms with Gasteiger partial charge in [0, 0.05) is 33.3 Å². The van der Waals surface area contributed by atoms with E-state index in [1.165, 1.54) is 70.7 Å². The van der Waals surface area contributed by atoms with E-state index in [0.29, 0.717) is 23.5 Å². The van der Waals surface area contributed by atoms with Gasteiger partial charge in [-0.3, -0.25) is 4.72 Å². The number of anilines is 4. The van der Waals surface area contributed by atoms with E-state index in [0.717, 1.165) is 6.42 Å². The van der Waals surface area contributed by atoms with Crippen LogP contribution < -0.4 is 65.4 Å². The third kappa shape index (κ3) is 17.9. The number of halogens is 1. The molecule has 0 saturated carbocycles. The number of carbonyl (C=O) groups is 6. The molecule has 0 bridgehead atoms. The molecule has 61 heavy (non-hydrogen) atoms. The second kappa shape index (κ2) is 25.7. The van der Waals surface area contributed by atoms with Crippen molar-refractivity contribution in [2.45, 2.75) is 69.1 Å². The monoisotopic (exact) mass is 1180 g/mol. The molecule has 0 aliphatic carbocycles. The van der Waals surface area contributed by atoms with Crippen LogP contribution in [-0.2, 0) is 55.1 Å². The minimum atomic E-state index is -4.14. The summed E-state index contributed by atoms with van der Waals surface area (Å²) < 4.78 is 35.2. The van der Waals surface area contributed by atoms with Crippen LogP contribution in [0.15, 0.2) is 77.7 Å². The molecular formula is C37H47IN10O10PtS2-2. The van der Waals surface area contributed by atoms with Crippen molar-refractivity contribution in [3.05, 3.63) is 78.4 Å². The first kappa shape index (κ1) is 52.2. The summed E-state index contributed by atoms with van der Waals surface area (Å²) in [7, 11) is -1.42. The third-order valence-electron chi connectivity index (χ3n) is 8.26. The van der Waals surface area contributed by atoms with Crippen LogP contribution in [-0.4, -0.2) is 92.2 Å². The molecule has 0 aliphatic rings. The summed E-state index contributed by atoms with van der Waals surface area (Å²) in [5.74, 6) is -3.04. The molecule has 0 aromatic heterocycles. The molecule has 24 heteroatoms. The molecule has 20 nitrogen and oxygen atoms in total. The molecule has 11 N–H and O–H groups in total. The fourth-order valence-corrected chi connectivity index (χ4v) is 9.53. The number of likely N-dealkylation sites (N-methyl/N-ethyl adjacent to an activating group) is 1. The van der Waals surface area contributed by atoms with E-state index in [-0.39, 0.29) is 37.3 Å². The molecule has 0 aliphatic heterocycles. The van der Waals surface area contributed by atoms with Crippen molar-refractivity contribution in [1.29, 1.82) is 0 Å². The van der Waals surface area contributed by atoms with E-state index in [1.54, 1.807) is 43.3 Å². The van der Waals surface area contributed by atoms with Crippen LogP contribution >= 0.6 is 9.12 Å². The molecule has 0 fully saturated rings. The minimum absolute atomic E-state index is 0. The number of hydrogen-bond donors (Lipinski definition) is 10. The van der Waals surface area contributed by atoms with Crippen molar-refractivity contribution in [2.75, 3.05) is 32.5 Å². The maximum Gasteiger partial charge on any atom is 0 e. The van der Waals surface area contributed by atoms with Gasteiger partial charge in [-0.15, -0.1) is 0 Å². The molecule has 3 aromatic rings. The van der Waals surface area contributed by atoms with Crippen LogP contribution in [0.2, 0.25) is 0 Å². The molecule has 336 valence electrons. The predicted molar refractivity (Wildman–Crippen MR) is 222 cm³/mol. The third-order valence-corrected chi connectivity index (χ3v) is 12.9. The number of nitrogens with zero attached hydrogens (tertiary/aromatic N) is 1. The summed E-state index contributed by atoms with van der Waals surface area (Å²) >= 11 is -0.789. The van der Waals surface area contributed by atoms with Crippen molar-refractivity contribution in [3.8, 4) is 0 Å². The van der Waals surface area contributed by atoms with Crippen LogP contribution in [0.1, 0.15) is 51.6 Å². The molecule has 0 radical (unpaired) electrons. The molecule has 0 spiro atoms. The zero-order chi connectivity index (χ0) is 44.4.